The Morgan fingerprint density at radius 1 is 0.808 bits per heavy atom. The van der Waals surface area contributed by atoms with E-state index in [0.29, 0.717) is 11.5 Å². The molecular formula is C20H21O5P. The number of rotatable bonds is 5. The van der Waals surface area contributed by atoms with E-state index in [-0.39, 0.29) is 0 Å². The lowest BCUT2D eigenvalue weighted by molar-refractivity contribution is 0.188. The summed E-state index contributed by atoms with van der Waals surface area (Å²) in [6.45, 7) is 0. The fraction of sp³-hybridized carbons (Fsp3) is 0.350. The second-order valence-corrected chi connectivity index (χ2v) is 8.44. The highest BCUT2D eigenvalue weighted by Gasteiger charge is 2.40. The first-order chi connectivity index (χ1) is 12.6. The summed E-state index contributed by atoms with van der Waals surface area (Å²) in [5.41, 5.74) is 3.86. The minimum Gasteiger partial charge on any atom is -0.458 e. The molecule has 0 spiro atoms. The van der Waals surface area contributed by atoms with Crippen molar-refractivity contribution < 1.29 is 23.1 Å². The number of hydrogen-bond donors (Lipinski definition) is 0. The number of aryl methyl sites for hydroxylation is 4. The number of fused-ring (bicyclic) bond motifs is 2. The molecule has 0 aliphatic heterocycles. The summed E-state index contributed by atoms with van der Waals surface area (Å²) >= 11 is 0. The third-order valence-electron chi connectivity index (χ3n) is 4.99. The van der Waals surface area contributed by atoms with Crippen molar-refractivity contribution >= 4 is 13.3 Å². The maximum atomic E-state index is 13.2. The van der Waals surface area contributed by atoms with Crippen LogP contribution in [0.5, 0.6) is 11.5 Å². The van der Waals surface area contributed by atoms with Crippen molar-refractivity contribution in [1.29, 1.82) is 0 Å². The van der Waals surface area contributed by atoms with Gasteiger partial charge in [0, 0.05) is 0 Å². The first-order valence-corrected chi connectivity index (χ1v) is 10.4. The second kappa shape index (κ2) is 6.81. The first kappa shape index (κ1) is 17.2. The molecule has 0 unspecified atom stereocenters. The van der Waals surface area contributed by atoms with Gasteiger partial charge in [0.15, 0.2) is 0 Å². The van der Waals surface area contributed by atoms with Gasteiger partial charge in [0.05, 0.1) is 7.11 Å². The molecule has 0 fully saturated rings. The van der Waals surface area contributed by atoms with Gasteiger partial charge < -0.3 is 13.8 Å². The monoisotopic (exact) mass is 372 g/mol. The molecule has 2 aliphatic rings. The quantitative estimate of drug-likeness (QED) is 0.685. The third-order valence-corrected chi connectivity index (χ3v) is 6.52. The zero-order valence-electron chi connectivity index (χ0n) is 14.7. The van der Waals surface area contributed by atoms with E-state index in [4.69, 9.17) is 13.8 Å². The van der Waals surface area contributed by atoms with E-state index in [1.807, 2.05) is 24.3 Å². The normalized spacial score (nSPS) is 15.3. The van der Waals surface area contributed by atoms with Crippen LogP contribution in [-0.4, -0.2) is 12.8 Å². The number of ether oxygens (including phenoxy) is 1. The van der Waals surface area contributed by atoms with Crippen molar-refractivity contribution in [2.45, 2.75) is 38.5 Å². The van der Waals surface area contributed by atoms with E-state index in [9.17, 15) is 9.36 Å². The molecule has 0 atom stereocenters. The van der Waals surface area contributed by atoms with Crippen molar-refractivity contribution in [3.8, 4) is 11.5 Å². The van der Waals surface area contributed by atoms with Gasteiger partial charge in [-0.25, -0.2) is 9.36 Å². The van der Waals surface area contributed by atoms with Crippen LogP contribution in [0, 0.1) is 0 Å². The van der Waals surface area contributed by atoms with Crippen LogP contribution in [0.3, 0.4) is 0 Å². The van der Waals surface area contributed by atoms with Gasteiger partial charge in [-0.1, -0.05) is 12.1 Å². The fourth-order valence-corrected chi connectivity index (χ4v) is 4.88. The predicted octanol–water partition coefficient (Wildman–Crippen LogP) is 5.08. The molecule has 0 saturated heterocycles. The smallest absolute Gasteiger partial charge is 0.458 e. The summed E-state index contributed by atoms with van der Waals surface area (Å²) in [6, 6.07) is 11.0. The van der Waals surface area contributed by atoms with Crippen LogP contribution in [0.4, 0.5) is 4.79 Å². The number of carbonyl (C=O) groups excluding carboxylic acids is 1. The van der Waals surface area contributed by atoms with Crippen molar-refractivity contribution in [2.75, 3.05) is 7.11 Å². The van der Waals surface area contributed by atoms with Crippen LogP contribution in [0.2, 0.25) is 0 Å². The first-order valence-electron chi connectivity index (χ1n) is 8.89. The van der Waals surface area contributed by atoms with Crippen molar-refractivity contribution in [3.05, 3.63) is 58.7 Å². The van der Waals surface area contributed by atoms with Crippen molar-refractivity contribution in [2.24, 2.45) is 0 Å². The summed E-state index contributed by atoms with van der Waals surface area (Å²) in [7, 11) is -2.99. The molecular weight excluding hydrogens is 351 g/mol. The van der Waals surface area contributed by atoms with Gasteiger partial charge in [0.25, 0.3) is 0 Å². The molecule has 2 aromatic rings. The van der Waals surface area contributed by atoms with E-state index in [0.717, 1.165) is 49.7 Å². The predicted molar refractivity (Wildman–Crippen MR) is 98.2 cm³/mol. The van der Waals surface area contributed by atoms with E-state index >= 15 is 0 Å². The Balaban J connectivity index is 1.61. The van der Waals surface area contributed by atoms with Crippen molar-refractivity contribution in [1.82, 2.24) is 0 Å². The summed E-state index contributed by atoms with van der Waals surface area (Å²) < 4.78 is 29.0. The van der Waals surface area contributed by atoms with E-state index in [1.165, 1.54) is 18.2 Å². The van der Waals surface area contributed by atoms with Gasteiger partial charge in [-0.3, -0.25) is 0 Å². The standard InChI is InChI=1S/C20H21O5P/c1-23-20(21)26(22,24-18-10-8-14-4-2-6-16(14)12-18)25-19-11-9-15-5-3-7-17(15)13-19/h8-13H,2-7H2,1H3. The lowest BCUT2D eigenvalue weighted by Gasteiger charge is -2.18. The summed E-state index contributed by atoms with van der Waals surface area (Å²) in [4.78, 5) is 12.2. The molecule has 2 aromatic carbocycles. The lowest BCUT2D eigenvalue weighted by atomic mass is 10.1. The van der Waals surface area contributed by atoms with Crippen molar-refractivity contribution in [3.63, 3.8) is 0 Å². The molecule has 136 valence electrons. The van der Waals surface area contributed by atoms with Gasteiger partial charge in [0.1, 0.15) is 11.5 Å². The minimum absolute atomic E-state index is 0.362. The van der Waals surface area contributed by atoms with E-state index in [2.05, 4.69) is 0 Å². The lowest BCUT2D eigenvalue weighted by Crippen LogP contribution is -2.11. The second-order valence-electron chi connectivity index (χ2n) is 6.72. The summed E-state index contributed by atoms with van der Waals surface area (Å²) in [5, 5.41) is 0. The number of methoxy groups -OCH3 is 1. The molecule has 4 rings (SSSR count). The highest BCUT2D eigenvalue weighted by atomic mass is 31.2. The average Bonchev–Trinajstić information content (AvgIpc) is 3.28. The summed E-state index contributed by atoms with van der Waals surface area (Å²) in [6.07, 6.45) is 6.19. The highest BCUT2D eigenvalue weighted by molar-refractivity contribution is 7.71. The molecule has 0 aromatic heterocycles. The Labute approximate surface area is 152 Å². The molecule has 26 heavy (non-hydrogen) atoms. The van der Waals surface area contributed by atoms with Gasteiger partial charge in [-0.2, -0.15) is 0 Å². The fourth-order valence-electron chi connectivity index (χ4n) is 3.69. The average molecular weight is 372 g/mol. The van der Waals surface area contributed by atoms with Gasteiger partial charge in [-0.05, 0) is 85.0 Å². The van der Waals surface area contributed by atoms with Crippen LogP contribution in [0.15, 0.2) is 36.4 Å². The SMILES string of the molecule is COC(=O)P(=O)(Oc1ccc2c(c1)CCC2)Oc1ccc2c(c1)CCC2. The molecule has 0 amide bonds. The zero-order chi connectivity index (χ0) is 18.1. The maximum Gasteiger partial charge on any atom is 0.540 e. The van der Waals surface area contributed by atoms with E-state index in [1.54, 1.807) is 12.1 Å². The Morgan fingerprint density at radius 2 is 1.27 bits per heavy atom. The van der Waals surface area contributed by atoms with Gasteiger partial charge >= 0.3 is 13.3 Å². The highest BCUT2D eigenvalue weighted by Crippen LogP contribution is 2.51. The Hall–Kier alpha value is -2.26. The Bertz CT molecular complexity index is 842. The number of hydrogen-bond acceptors (Lipinski definition) is 5. The molecule has 2 aliphatic carbocycles. The Morgan fingerprint density at radius 3 is 1.73 bits per heavy atom. The zero-order valence-corrected chi connectivity index (χ0v) is 15.6. The molecule has 6 heteroatoms. The molecule has 0 heterocycles. The third kappa shape index (κ3) is 3.24. The molecule has 5 nitrogen and oxygen atoms in total. The summed E-state index contributed by atoms with van der Waals surface area (Å²) in [5.74, 6) is 0.723. The van der Waals surface area contributed by atoms with Crippen LogP contribution in [0.25, 0.3) is 0 Å². The van der Waals surface area contributed by atoms with Gasteiger partial charge in [0.2, 0.25) is 0 Å². The van der Waals surface area contributed by atoms with Crippen LogP contribution < -0.4 is 9.05 Å². The van der Waals surface area contributed by atoms with Crippen LogP contribution >= 0.6 is 7.60 Å². The topological polar surface area (TPSA) is 61.8 Å². The number of benzene rings is 2. The maximum absolute atomic E-state index is 13.2. The molecule has 0 saturated carbocycles. The van der Waals surface area contributed by atoms with Crippen LogP contribution in [-0.2, 0) is 35.0 Å². The van der Waals surface area contributed by atoms with Crippen LogP contribution in [0.1, 0.15) is 35.1 Å². The molecule has 0 radical (unpaired) electrons. The van der Waals surface area contributed by atoms with E-state index < -0.39 is 13.3 Å². The number of carbonyl (C=O) groups is 1. The largest absolute Gasteiger partial charge is 0.540 e. The van der Waals surface area contributed by atoms with Gasteiger partial charge in [-0.15, -0.1) is 0 Å². The molecule has 0 bridgehead atoms. The molecule has 0 N–H and O–H groups in total. The minimum atomic E-state index is -4.17. The Kier molecular flexibility index (Phi) is 4.49.